The zero-order valence-corrected chi connectivity index (χ0v) is 14.0. The number of likely N-dealkylation sites (N-methyl/N-ethyl adjacent to an activating group) is 1. The van der Waals surface area contributed by atoms with Gasteiger partial charge in [0, 0.05) is 47.6 Å². The van der Waals surface area contributed by atoms with Crippen LogP contribution in [0, 0.1) is 0 Å². The minimum atomic E-state index is 0.0308. The van der Waals surface area contributed by atoms with Gasteiger partial charge in [-0.3, -0.25) is 13.2 Å². The zero-order chi connectivity index (χ0) is 14.4. The van der Waals surface area contributed by atoms with Crippen molar-refractivity contribution in [1.82, 2.24) is 13.7 Å². The van der Waals surface area contributed by atoms with E-state index >= 15 is 0 Å². The van der Waals surface area contributed by atoms with E-state index < -0.39 is 0 Å². The van der Waals surface area contributed by atoms with Crippen LogP contribution >= 0.6 is 22.9 Å². The monoisotopic (exact) mass is 387 g/mol. The summed E-state index contributed by atoms with van der Waals surface area (Å²) < 4.78 is 3.07. The number of likely N-dealkylation sites (tertiary alicyclic amines) is 1. The van der Waals surface area contributed by atoms with Crippen molar-refractivity contribution in [1.29, 1.82) is 0 Å². The Labute approximate surface area is 134 Å². The van der Waals surface area contributed by atoms with Gasteiger partial charge < -0.3 is 5.32 Å². The summed E-state index contributed by atoms with van der Waals surface area (Å²) in [6.07, 6.45) is 2.43. The van der Waals surface area contributed by atoms with Crippen molar-refractivity contribution in [3.05, 3.63) is 35.4 Å². The van der Waals surface area contributed by atoms with Crippen LogP contribution in [0.4, 0.5) is 0 Å². The Kier molecular flexibility index (Phi) is 6.25. The molecule has 0 aromatic heterocycles. The van der Waals surface area contributed by atoms with Gasteiger partial charge in [-0.1, -0.05) is 19.1 Å². The highest BCUT2D eigenvalue weighted by Crippen LogP contribution is 2.15. The predicted molar refractivity (Wildman–Crippen MR) is 89.9 cm³/mol. The summed E-state index contributed by atoms with van der Waals surface area (Å²) in [5.41, 5.74) is 1.87. The summed E-state index contributed by atoms with van der Waals surface area (Å²) in [5.74, 6) is 0.0308. The van der Waals surface area contributed by atoms with Gasteiger partial charge in [-0.05, 0) is 43.6 Å². The second-order valence-corrected chi connectivity index (χ2v) is 5.91. The molecule has 1 atom stereocenters. The standard InChI is InChI=1S/C15H22IN3O/c1-2-19-8-4-7-14(19)11-17-15(20)13-6-3-5-12(9-13)10-18-16/h3,5-6,9,14,18H,2,4,7-8,10-11H2,1H3,(H,17,20)/t14-/m0/s1. The number of benzene rings is 1. The van der Waals surface area contributed by atoms with Gasteiger partial charge in [-0.15, -0.1) is 0 Å². The average Bonchev–Trinajstić information content (AvgIpc) is 2.93. The van der Waals surface area contributed by atoms with E-state index in [4.69, 9.17) is 0 Å². The van der Waals surface area contributed by atoms with Gasteiger partial charge in [-0.25, -0.2) is 0 Å². The van der Waals surface area contributed by atoms with Crippen LogP contribution in [-0.4, -0.2) is 36.5 Å². The van der Waals surface area contributed by atoms with E-state index in [0.29, 0.717) is 6.04 Å². The van der Waals surface area contributed by atoms with E-state index in [9.17, 15) is 4.79 Å². The molecule has 0 aliphatic carbocycles. The first-order chi connectivity index (χ1) is 9.74. The second kappa shape index (κ2) is 7.95. The summed E-state index contributed by atoms with van der Waals surface area (Å²) in [4.78, 5) is 14.6. The summed E-state index contributed by atoms with van der Waals surface area (Å²) in [7, 11) is 0. The molecule has 2 N–H and O–H groups in total. The highest BCUT2D eigenvalue weighted by atomic mass is 127. The first kappa shape index (κ1) is 15.7. The molecule has 0 saturated carbocycles. The Hall–Kier alpha value is -0.660. The van der Waals surface area contributed by atoms with Crippen molar-refractivity contribution >= 4 is 28.8 Å². The Morgan fingerprint density at radius 2 is 2.35 bits per heavy atom. The van der Waals surface area contributed by atoms with Crippen LogP contribution in [0.1, 0.15) is 35.7 Å². The fraction of sp³-hybridized carbons (Fsp3) is 0.533. The number of halogens is 1. The Bertz CT molecular complexity index is 452. The highest BCUT2D eigenvalue weighted by molar-refractivity contribution is 14.1. The van der Waals surface area contributed by atoms with Crippen molar-refractivity contribution in [2.24, 2.45) is 0 Å². The van der Waals surface area contributed by atoms with Crippen molar-refractivity contribution in [2.75, 3.05) is 19.6 Å². The van der Waals surface area contributed by atoms with Crippen LogP contribution in [-0.2, 0) is 6.54 Å². The van der Waals surface area contributed by atoms with Crippen LogP contribution in [0.15, 0.2) is 24.3 Å². The van der Waals surface area contributed by atoms with Crippen molar-refractivity contribution < 1.29 is 4.79 Å². The van der Waals surface area contributed by atoms with Crippen molar-refractivity contribution in [2.45, 2.75) is 32.4 Å². The lowest BCUT2D eigenvalue weighted by molar-refractivity contribution is 0.0941. The van der Waals surface area contributed by atoms with E-state index in [1.54, 1.807) is 0 Å². The van der Waals surface area contributed by atoms with Gasteiger partial charge in [0.1, 0.15) is 0 Å². The minimum absolute atomic E-state index is 0.0308. The largest absolute Gasteiger partial charge is 0.350 e. The smallest absolute Gasteiger partial charge is 0.251 e. The third-order valence-corrected chi connectivity index (χ3v) is 4.25. The Morgan fingerprint density at radius 1 is 1.50 bits per heavy atom. The first-order valence-corrected chi connectivity index (χ1v) is 8.27. The molecule has 0 spiro atoms. The molecule has 1 fully saturated rings. The van der Waals surface area contributed by atoms with Crippen LogP contribution in [0.5, 0.6) is 0 Å². The molecule has 0 radical (unpaired) electrons. The molecule has 2 rings (SSSR count). The SMILES string of the molecule is CCN1CCC[C@H]1CNC(=O)c1cccc(CNI)c1. The van der Waals surface area contributed by atoms with Gasteiger partial charge in [0.05, 0.1) is 0 Å². The fourth-order valence-electron chi connectivity index (χ4n) is 2.75. The van der Waals surface area contributed by atoms with E-state index in [1.807, 2.05) is 24.3 Å². The van der Waals surface area contributed by atoms with Crippen LogP contribution in [0.3, 0.4) is 0 Å². The van der Waals surface area contributed by atoms with Gasteiger partial charge in [0.15, 0.2) is 0 Å². The van der Waals surface area contributed by atoms with E-state index in [2.05, 4.69) is 43.5 Å². The molecule has 1 aromatic rings. The molecule has 4 nitrogen and oxygen atoms in total. The van der Waals surface area contributed by atoms with Crippen LogP contribution in [0.25, 0.3) is 0 Å². The zero-order valence-electron chi connectivity index (χ0n) is 11.9. The lowest BCUT2D eigenvalue weighted by Crippen LogP contribution is -2.40. The van der Waals surface area contributed by atoms with E-state index in [-0.39, 0.29) is 5.91 Å². The number of rotatable bonds is 6. The third kappa shape index (κ3) is 4.17. The molecule has 1 aliphatic heterocycles. The number of hydrogen-bond acceptors (Lipinski definition) is 3. The lowest BCUT2D eigenvalue weighted by atomic mass is 10.1. The molecule has 110 valence electrons. The van der Waals surface area contributed by atoms with Crippen LogP contribution < -0.4 is 8.85 Å². The summed E-state index contributed by atoms with van der Waals surface area (Å²) >= 11 is 2.11. The Balaban J connectivity index is 1.89. The van der Waals surface area contributed by atoms with Crippen molar-refractivity contribution in [3.63, 3.8) is 0 Å². The normalized spacial score (nSPS) is 19.2. The second-order valence-electron chi connectivity index (χ2n) is 5.15. The number of hydrogen-bond donors (Lipinski definition) is 2. The summed E-state index contributed by atoms with van der Waals surface area (Å²) in [5, 5.41) is 3.07. The van der Waals surface area contributed by atoms with Gasteiger partial charge in [-0.2, -0.15) is 0 Å². The topological polar surface area (TPSA) is 44.4 Å². The highest BCUT2D eigenvalue weighted by Gasteiger charge is 2.23. The summed E-state index contributed by atoms with van der Waals surface area (Å²) in [6.45, 7) is 5.93. The average molecular weight is 387 g/mol. The first-order valence-electron chi connectivity index (χ1n) is 7.19. The van der Waals surface area contributed by atoms with Crippen LogP contribution in [0.2, 0.25) is 0 Å². The maximum Gasteiger partial charge on any atom is 0.251 e. The molecular weight excluding hydrogens is 365 g/mol. The van der Waals surface area contributed by atoms with Gasteiger partial charge in [0.25, 0.3) is 5.91 Å². The molecule has 1 aliphatic rings. The molecule has 1 aromatic carbocycles. The van der Waals surface area contributed by atoms with Crippen molar-refractivity contribution in [3.8, 4) is 0 Å². The molecular formula is C15H22IN3O. The number of nitrogens with zero attached hydrogens (tertiary/aromatic N) is 1. The minimum Gasteiger partial charge on any atom is -0.350 e. The molecule has 1 saturated heterocycles. The lowest BCUT2D eigenvalue weighted by Gasteiger charge is -2.22. The van der Waals surface area contributed by atoms with E-state index in [0.717, 1.165) is 37.3 Å². The third-order valence-electron chi connectivity index (χ3n) is 3.86. The van der Waals surface area contributed by atoms with Gasteiger partial charge >= 0.3 is 0 Å². The fourth-order valence-corrected chi connectivity index (χ4v) is 3.20. The Morgan fingerprint density at radius 3 is 3.10 bits per heavy atom. The number of carbonyl (C=O) groups excluding carboxylic acids is 1. The number of amides is 1. The van der Waals surface area contributed by atoms with Gasteiger partial charge in [0.2, 0.25) is 0 Å². The quantitative estimate of drug-likeness (QED) is 0.582. The molecule has 1 heterocycles. The predicted octanol–water partition coefficient (Wildman–Crippen LogP) is 2.34. The molecule has 20 heavy (non-hydrogen) atoms. The maximum absolute atomic E-state index is 12.2. The molecule has 5 heteroatoms. The molecule has 0 bridgehead atoms. The molecule has 1 amide bonds. The number of carbonyl (C=O) groups is 1. The van der Waals surface area contributed by atoms with E-state index in [1.165, 1.54) is 12.8 Å². The number of nitrogens with one attached hydrogen (secondary N) is 2. The summed E-state index contributed by atoms with van der Waals surface area (Å²) in [6, 6.07) is 8.29. The molecule has 0 unspecified atom stereocenters. The maximum atomic E-state index is 12.2.